The Kier molecular flexibility index (Phi) is 4.89. The molecule has 1 aliphatic rings. The lowest BCUT2D eigenvalue weighted by atomic mass is 10.0. The summed E-state index contributed by atoms with van der Waals surface area (Å²) >= 11 is 3.31. The fourth-order valence-corrected chi connectivity index (χ4v) is 3.06. The van der Waals surface area contributed by atoms with Gasteiger partial charge in [0, 0.05) is 23.3 Å². The molecule has 1 aliphatic heterocycles. The van der Waals surface area contributed by atoms with Crippen molar-refractivity contribution in [2.45, 2.75) is 32.2 Å². The maximum Gasteiger partial charge on any atom is 0.353 e. The highest BCUT2D eigenvalue weighted by Gasteiger charge is 2.30. The molecule has 9 heteroatoms. The second-order valence-corrected chi connectivity index (χ2v) is 6.59. The minimum absolute atomic E-state index is 0.115. The Morgan fingerprint density at radius 3 is 2.83 bits per heavy atom. The van der Waals surface area contributed by atoms with E-state index in [1.54, 1.807) is 18.3 Å². The molecule has 0 radical (unpaired) electrons. The second-order valence-electron chi connectivity index (χ2n) is 5.68. The highest BCUT2D eigenvalue weighted by molar-refractivity contribution is 9.10. The first-order valence-electron chi connectivity index (χ1n) is 7.71. The SMILES string of the molecule is CC1CCCCN1c1ncnc(Nc2ccc(Br)cn2)c1[N+](=O)[O-]. The third-order valence-corrected chi connectivity index (χ3v) is 4.50. The van der Waals surface area contributed by atoms with Gasteiger partial charge in [0.15, 0.2) is 0 Å². The minimum Gasteiger partial charge on any atom is -0.348 e. The number of nitrogens with zero attached hydrogens (tertiary/aromatic N) is 5. The summed E-state index contributed by atoms with van der Waals surface area (Å²) in [5.41, 5.74) is -0.115. The zero-order valence-corrected chi connectivity index (χ0v) is 14.7. The van der Waals surface area contributed by atoms with Gasteiger partial charge < -0.3 is 10.2 Å². The molecule has 3 heterocycles. The zero-order chi connectivity index (χ0) is 17.1. The molecular formula is C15H17BrN6O2. The Hall–Kier alpha value is -2.29. The Morgan fingerprint density at radius 1 is 1.33 bits per heavy atom. The first-order chi connectivity index (χ1) is 11.6. The molecule has 0 aliphatic carbocycles. The minimum atomic E-state index is -0.433. The molecule has 0 saturated carbocycles. The standard InChI is InChI=1S/C15H17BrN6O2/c1-10-4-2-3-7-21(10)15-13(22(23)24)14(18-9-19-15)20-12-6-5-11(16)8-17-12/h5-6,8-10H,2-4,7H2,1H3,(H,17,18,19,20). The topological polar surface area (TPSA) is 97.1 Å². The molecule has 126 valence electrons. The number of aromatic nitrogens is 3. The van der Waals surface area contributed by atoms with Crippen LogP contribution in [0.5, 0.6) is 0 Å². The second kappa shape index (κ2) is 7.08. The number of hydrogen-bond acceptors (Lipinski definition) is 7. The van der Waals surface area contributed by atoms with Crippen molar-refractivity contribution in [3.05, 3.63) is 39.2 Å². The lowest BCUT2D eigenvalue weighted by Gasteiger charge is -2.33. The molecule has 1 saturated heterocycles. The van der Waals surface area contributed by atoms with Crippen molar-refractivity contribution in [3.63, 3.8) is 0 Å². The predicted molar refractivity (Wildman–Crippen MR) is 94.6 cm³/mol. The van der Waals surface area contributed by atoms with Gasteiger partial charge in [0.2, 0.25) is 11.6 Å². The highest BCUT2D eigenvalue weighted by Crippen LogP contribution is 2.36. The van der Waals surface area contributed by atoms with Gasteiger partial charge in [-0.15, -0.1) is 0 Å². The summed E-state index contributed by atoms with van der Waals surface area (Å²) in [7, 11) is 0. The van der Waals surface area contributed by atoms with Gasteiger partial charge in [0.05, 0.1) is 4.92 Å². The molecule has 24 heavy (non-hydrogen) atoms. The Morgan fingerprint density at radius 2 is 2.17 bits per heavy atom. The number of nitrogens with one attached hydrogen (secondary N) is 1. The van der Waals surface area contributed by atoms with Crippen molar-refractivity contribution in [1.29, 1.82) is 0 Å². The van der Waals surface area contributed by atoms with Crippen LogP contribution in [0.1, 0.15) is 26.2 Å². The van der Waals surface area contributed by atoms with Gasteiger partial charge in [0.1, 0.15) is 12.1 Å². The number of pyridine rings is 1. The molecule has 1 unspecified atom stereocenters. The molecule has 1 atom stereocenters. The fraction of sp³-hybridized carbons (Fsp3) is 0.400. The van der Waals surface area contributed by atoms with Gasteiger partial charge in [-0.05, 0) is 54.2 Å². The maximum atomic E-state index is 11.7. The van der Waals surface area contributed by atoms with Gasteiger partial charge in [-0.2, -0.15) is 0 Å². The highest BCUT2D eigenvalue weighted by atomic mass is 79.9. The van der Waals surface area contributed by atoms with E-state index >= 15 is 0 Å². The molecule has 2 aromatic rings. The summed E-state index contributed by atoms with van der Waals surface area (Å²) in [6.45, 7) is 2.82. The first kappa shape index (κ1) is 16.6. The van der Waals surface area contributed by atoms with Crippen molar-refractivity contribution in [2.24, 2.45) is 0 Å². The molecule has 0 bridgehead atoms. The molecule has 0 spiro atoms. The summed E-state index contributed by atoms with van der Waals surface area (Å²) in [6, 6.07) is 3.74. The third-order valence-electron chi connectivity index (χ3n) is 4.03. The lowest BCUT2D eigenvalue weighted by Crippen LogP contribution is -2.38. The average molecular weight is 393 g/mol. The van der Waals surface area contributed by atoms with Crippen LogP contribution < -0.4 is 10.2 Å². The number of rotatable bonds is 4. The zero-order valence-electron chi connectivity index (χ0n) is 13.1. The van der Waals surface area contributed by atoms with Crippen LogP contribution >= 0.6 is 15.9 Å². The van der Waals surface area contributed by atoms with Crippen LogP contribution in [0.25, 0.3) is 0 Å². The molecule has 3 rings (SSSR count). The first-order valence-corrected chi connectivity index (χ1v) is 8.50. The Balaban J connectivity index is 1.98. The average Bonchev–Trinajstić information content (AvgIpc) is 2.57. The van der Waals surface area contributed by atoms with Gasteiger partial charge in [-0.1, -0.05) is 0 Å². The Labute approximate surface area is 147 Å². The van der Waals surface area contributed by atoms with Crippen molar-refractivity contribution in [2.75, 3.05) is 16.8 Å². The van der Waals surface area contributed by atoms with Crippen molar-refractivity contribution >= 4 is 39.1 Å². The van der Waals surface area contributed by atoms with Crippen LogP contribution in [0, 0.1) is 10.1 Å². The van der Waals surface area contributed by atoms with Crippen LogP contribution in [0.15, 0.2) is 29.1 Å². The predicted octanol–water partition coefficient (Wildman–Crippen LogP) is 3.66. The van der Waals surface area contributed by atoms with E-state index in [1.807, 2.05) is 4.90 Å². The summed E-state index contributed by atoms with van der Waals surface area (Å²) in [4.78, 5) is 25.7. The lowest BCUT2D eigenvalue weighted by molar-refractivity contribution is -0.383. The smallest absolute Gasteiger partial charge is 0.348 e. The van der Waals surface area contributed by atoms with E-state index in [2.05, 4.69) is 43.1 Å². The quantitative estimate of drug-likeness (QED) is 0.625. The molecule has 1 N–H and O–H groups in total. The van der Waals surface area contributed by atoms with Crippen LogP contribution in [0.2, 0.25) is 0 Å². The van der Waals surface area contributed by atoms with Crippen LogP contribution in [0.4, 0.5) is 23.1 Å². The van der Waals surface area contributed by atoms with Crippen LogP contribution in [-0.4, -0.2) is 32.5 Å². The van der Waals surface area contributed by atoms with E-state index < -0.39 is 4.92 Å². The largest absolute Gasteiger partial charge is 0.353 e. The summed E-state index contributed by atoms with van der Waals surface area (Å²) < 4.78 is 0.827. The summed E-state index contributed by atoms with van der Waals surface area (Å²) in [5, 5.41) is 14.6. The molecule has 0 amide bonds. The van der Waals surface area contributed by atoms with Crippen molar-refractivity contribution in [3.8, 4) is 0 Å². The Bertz CT molecular complexity index is 739. The van der Waals surface area contributed by atoms with Crippen LogP contribution in [-0.2, 0) is 0 Å². The van der Waals surface area contributed by atoms with Crippen molar-refractivity contribution in [1.82, 2.24) is 15.0 Å². The summed E-state index contributed by atoms with van der Waals surface area (Å²) in [5.74, 6) is 0.997. The van der Waals surface area contributed by atoms with Gasteiger partial charge in [0.25, 0.3) is 0 Å². The van der Waals surface area contributed by atoms with E-state index in [0.29, 0.717) is 11.6 Å². The molecule has 8 nitrogen and oxygen atoms in total. The van der Waals surface area contributed by atoms with Gasteiger partial charge >= 0.3 is 5.69 Å². The van der Waals surface area contributed by atoms with Crippen molar-refractivity contribution < 1.29 is 4.92 Å². The maximum absolute atomic E-state index is 11.7. The molecule has 1 fully saturated rings. The van der Waals surface area contributed by atoms with Crippen LogP contribution in [0.3, 0.4) is 0 Å². The third kappa shape index (κ3) is 3.45. The van der Waals surface area contributed by atoms with E-state index in [1.165, 1.54) is 6.33 Å². The van der Waals surface area contributed by atoms with Gasteiger partial charge in [-0.25, -0.2) is 15.0 Å². The normalized spacial score (nSPS) is 17.6. The van der Waals surface area contributed by atoms with E-state index in [4.69, 9.17) is 0 Å². The molecule has 2 aromatic heterocycles. The number of anilines is 3. The van der Waals surface area contributed by atoms with E-state index in [0.717, 1.165) is 30.3 Å². The number of hydrogen-bond donors (Lipinski definition) is 1. The number of nitro groups is 1. The summed E-state index contributed by atoms with van der Waals surface area (Å²) in [6.07, 6.45) is 6.10. The van der Waals surface area contributed by atoms with E-state index in [-0.39, 0.29) is 17.5 Å². The molecular weight excluding hydrogens is 376 g/mol. The van der Waals surface area contributed by atoms with Gasteiger partial charge in [-0.3, -0.25) is 10.1 Å². The molecule has 0 aromatic carbocycles. The number of halogens is 1. The number of piperidine rings is 1. The van der Waals surface area contributed by atoms with E-state index in [9.17, 15) is 10.1 Å². The fourth-order valence-electron chi connectivity index (χ4n) is 2.82. The monoisotopic (exact) mass is 392 g/mol.